The van der Waals surface area contributed by atoms with E-state index >= 15 is 0 Å². The number of hydrogen-bond donors (Lipinski definition) is 1. The van der Waals surface area contributed by atoms with Gasteiger partial charge in [-0.1, -0.05) is 32.0 Å². The Morgan fingerprint density at radius 1 is 1.26 bits per heavy atom. The summed E-state index contributed by atoms with van der Waals surface area (Å²) in [5, 5.41) is 4.55. The van der Waals surface area contributed by atoms with Crippen molar-refractivity contribution in [2.75, 3.05) is 13.1 Å². The smallest absolute Gasteiger partial charge is 0.293 e. The standard InChI is InChI=1S/C20H29N5O.ClH/c1-13(2)17-9-5-6-10-18(17)25-15(4)22-19(23-25)20(26)24-11-7-8-16(12-24)14(3)21;/h5-6,9-10,13-14,16H,7-8,11-12,21H2,1-4H3;1H. The first-order valence-corrected chi connectivity index (χ1v) is 9.46. The lowest BCUT2D eigenvalue weighted by atomic mass is 9.92. The highest BCUT2D eigenvalue weighted by molar-refractivity contribution is 5.90. The maximum absolute atomic E-state index is 12.9. The quantitative estimate of drug-likeness (QED) is 0.867. The number of carbonyl (C=O) groups is 1. The summed E-state index contributed by atoms with van der Waals surface area (Å²) in [6.07, 6.45) is 2.05. The van der Waals surface area contributed by atoms with Gasteiger partial charge in [-0.05, 0) is 50.2 Å². The van der Waals surface area contributed by atoms with Gasteiger partial charge in [0.15, 0.2) is 0 Å². The topological polar surface area (TPSA) is 77.0 Å². The Morgan fingerprint density at radius 3 is 2.63 bits per heavy atom. The van der Waals surface area contributed by atoms with Gasteiger partial charge in [0.2, 0.25) is 5.82 Å². The number of benzene rings is 1. The molecule has 6 nitrogen and oxygen atoms in total. The van der Waals surface area contributed by atoms with Crippen molar-refractivity contribution in [2.24, 2.45) is 11.7 Å². The molecule has 148 valence electrons. The van der Waals surface area contributed by atoms with E-state index in [1.165, 1.54) is 5.56 Å². The number of likely N-dealkylation sites (tertiary alicyclic amines) is 1. The summed E-state index contributed by atoms with van der Waals surface area (Å²) in [5.74, 6) is 1.60. The van der Waals surface area contributed by atoms with Gasteiger partial charge in [-0.25, -0.2) is 9.67 Å². The zero-order valence-corrected chi connectivity index (χ0v) is 17.4. The number of carbonyl (C=O) groups excluding carboxylic acids is 1. The first-order valence-electron chi connectivity index (χ1n) is 9.46. The van der Waals surface area contributed by atoms with Gasteiger partial charge >= 0.3 is 0 Å². The van der Waals surface area contributed by atoms with E-state index < -0.39 is 0 Å². The molecule has 2 atom stereocenters. The molecule has 2 heterocycles. The summed E-state index contributed by atoms with van der Waals surface area (Å²) >= 11 is 0. The van der Waals surface area contributed by atoms with Crippen molar-refractivity contribution >= 4 is 18.3 Å². The maximum Gasteiger partial charge on any atom is 0.293 e. The minimum Gasteiger partial charge on any atom is -0.336 e. The summed E-state index contributed by atoms with van der Waals surface area (Å²) in [6.45, 7) is 9.64. The van der Waals surface area contributed by atoms with Crippen LogP contribution in [0.5, 0.6) is 0 Å². The third-order valence-corrected chi connectivity index (χ3v) is 5.24. The molecule has 1 amide bonds. The molecule has 1 aliphatic rings. The number of nitrogens with zero attached hydrogens (tertiary/aromatic N) is 4. The van der Waals surface area contributed by atoms with Gasteiger partial charge in [-0.2, -0.15) is 0 Å². The third kappa shape index (κ3) is 4.50. The Hall–Kier alpha value is -1.92. The number of para-hydroxylation sites is 1. The van der Waals surface area contributed by atoms with E-state index in [9.17, 15) is 4.79 Å². The highest BCUT2D eigenvalue weighted by Gasteiger charge is 2.29. The predicted molar refractivity (Wildman–Crippen MR) is 110 cm³/mol. The van der Waals surface area contributed by atoms with E-state index in [2.05, 4.69) is 30.0 Å². The number of hydrogen-bond acceptors (Lipinski definition) is 4. The summed E-state index contributed by atoms with van der Waals surface area (Å²) in [5.41, 5.74) is 8.22. The molecule has 27 heavy (non-hydrogen) atoms. The lowest BCUT2D eigenvalue weighted by Gasteiger charge is -2.33. The molecule has 0 bridgehead atoms. The van der Waals surface area contributed by atoms with E-state index in [4.69, 9.17) is 5.73 Å². The minimum absolute atomic E-state index is 0. The number of rotatable bonds is 4. The lowest BCUT2D eigenvalue weighted by Crippen LogP contribution is -2.45. The second-order valence-corrected chi connectivity index (χ2v) is 7.62. The average molecular weight is 392 g/mol. The normalized spacial score (nSPS) is 18.3. The number of amides is 1. The molecule has 1 aromatic carbocycles. The molecule has 0 radical (unpaired) electrons. The van der Waals surface area contributed by atoms with Gasteiger partial charge in [-0.15, -0.1) is 17.5 Å². The van der Waals surface area contributed by atoms with Crippen LogP contribution in [-0.4, -0.2) is 44.7 Å². The fourth-order valence-corrected chi connectivity index (χ4v) is 3.64. The molecular formula is C20H30ClN5O. The Balaban J connectivity index is 0.00000261. The van der Waals surface area contributed by atoms with Gasteiger partial charge < -0.3 is 10.6 Å². The van der Waals surface area contributed by atoms with Crippen molar-refractivity contribution in [3.05, 3.63) is 41.5 Å². The highest BCUT2D eigenvalue weighted by Crippen LogP contribution is 2.24. The Morgan fingerprint density at radius 2 is 1.96 bits per heavy atom. The molecule has 1 aliphatic heterocycles. The van der Waals surface area contributed by atoms with Crippen molar-refractivity contribution < 1.29 is 4.79 Å². The van der Waals surface area contributed by atoms with Crippen LogP contribution < -0.4 is 5.73 Å². The van der Waals surface area contributed by atoms with Crippen LogP contribution in [0, 0.1) is 12.8 Å². The van der Waals surface area contributed by atoms with Crippen molar-refractivity contribution in [3.63, 3.8) is 0 Å². The van der Waals surface area contributed by atoms with Crippen LogP contribution in [0.25, 0.3) is 5.69 Å². The molecule has 0 spiro atoms. The minimum atomic E-state index is -0.0979. The van der Waals surface area contributed by atoms with Crippen LogP contribution in [0.2, 0.25) is 0 Å². The average Bonchev–Trinajstić information content (AvgIpc) is 3.02. The van der Waals surface area contributed by atoms with E-state index in [1.807, 2.05) is 36.9 Å². The largest absolute Gasteiger partial charge is 0.336 e. The zero-order chi connectivity index (χ0) is 18.8. The Bertz CT molecular complexity index is 786. The highest BCUT2D eigenvalue weighted by atomic mass is 35.5. The molecule has 1 saturated heterocycles. The molecule has 0 aliphatic carbocycles. The molecule has 2 aromatic rings. The van der Waals surface area contributed by atoms with Crippen molar-refractivity contribution in [1.82, 2.24) is 19.7 Å². The van der Waals surface area contributed by atoms with Crippen LogP contribution in [0.15, 0.2) is 24.3 Å². The first-order chi connectivity index (χ1) is 12.4. The van der Waals surface area contributed by atoms with Crippen LogP contribution in [0.1, 0.15) is 61.5 Å². The number of nitrogens with two attached hydrogens (primary N) is 1. The van der Waals surface area contributed by atoms with Crippen LogP contribution in [0.3, 0.4) is 0 Å². The molecule has 0 saturated carbocycles. The fourth-order valence-electron chi connectivity index (χ4n) is 3.64. The van der Waals surface area contributed by atoms with Crippen molar-refractivity contribution in [3.8, 4) is 5.69 Å². The second-order valence-electron chi connectivity index (χ2n) is 7.62. The molecule has 1 fully saturated rings. The van der Waals surface area contributed by atoms with Gasteiger partial charge in [0.05, 0.1) is 5.69 Å². The number of aromatic nitrogens is 3. The molecule has 2 unspecified atom stereocenters. The van der Waals surface area contributed by atoms with Crippen LogP contribution >= 0.6 is 12.4 Å². The van der Waals surface area contributed by atoms with Gasteiger partial charge in [0, 0.05) is 19.1 Å². The van der Waals surface area contributed by atoms with Crippen molar-refractivity contribution in [2.45, 2.75) is 52.5 Å². The summed E-state index contributed by atoms with van der Waals surface area (Å²) < 4.78 is 1.79. The second kappa shape index (κ2) is 8.85. The number of piperidine rings is 1. The molecule has 3 rings (SSSR count). The van der Waals surface area contributed by atoms with Gasteiger partial charge in [-0.3, -0.25) is 4.79 Å². The lowest BCUT2D eigenvalue weighted by molar-refractivity contribution is 0.0648. The van der Waals surface area contributed by atoms with E-state index in [1.54, 1.807) is 4.68 Å². The zero-order valence-electron chi connectivity index (χ0n) is 16.6. The first kappa shape index (κ1) is 21.4. The Labute approximate surface area is 167 Å². The Kier molecular flexibility index (Phi) is 7.00. The monoisotopic (exact) mass is 391 g/mol. The summed E-state index contributed by atoms with van der Waals surface area (Å²) in [7, 11) is 0. The molecular weight excluding hydrogens is 362 g/mol. The number of halogens is 1. The summed E-state index contributed by atoms with van der Waals surface area (Å²) in [4.78, 5) is 19.2. The van der Waals surface area contributed by atoms with Gasteiger partial charge in [0.25, 0.3) is 5.91 Å². The SMILES string of the molecule is Cc1nc(C(=O)N2CCCC(C(C)N)C2)nn1-c1ccccc1C(C)C.Cl. The third-order valence-electron chi connectivity index (χ3n) is 5.24. The maximum atomic E-state index is 12.9. The molecule has 1 aromatic heterocycles. The molecule has 7 heteroatoms. The predicted octanol–water partition coefficient (Wildman–Crippen LogP) is 3.32. The fraction of sp³-hybridized carbons (Fsp3) is 0.550. The van der Waals surface area contributed by atoms with Crippen molar-refractivity contribution in [1.29, 1.82) is 0 Å². The molecule has 2 N–H and O–H groups in total. The summed E-state index contributed by atoms with van der Waals surface area (Å²) in [6, 6.07) is 8.23. The van der Waals surface area contributed by atoms with Gasteiger partial charge in [0.1, 0.15) is 5.82 Å². The number of aryl methyl sites for hydroxylation is 1. The van der Waals surface area contributed by atoms with E-state index in [-0.39, 0.29) is 30.2 Å². The van der Waals surface area contributed by atoms with Crippen LogP contribution in [-0.2, 0) is 0 Å². The van der Waals surface area contributed by atoms with E-state index in [0.29, 0.717) is 18.4 Å². The van der Waals surface area contributed by atoms with E-state index in [0.717, 1.165) is 30.9 Å². The van der Waals surface area contributed by atoms with Crippen LogP contribution in [0.4, 0.5) is 0 Å².